The van der Waals surface area contributed by atoms with Gasteiger partial charge in [0, 0.05) is 19.4 Å². The Labute approximate surface area is 184 Å². The highest BCUT2D eigenvalue weighted by Gasteiger charge is 2.15. The zero-order chi connectivity index (χ0) is 21.6. The first kappa shape index (κ1) is 20.6. The number of anilines is 3. The monoisotopic (exact) mass is 436 g/mol. The van der Waals surface area contributed by atoms with Crippen LogP contribution < -0.4 is 16.0 Å². The molecule has 4 aromatic rings. The Balaban J connectivity index is 1.46. The molecule has 4 rings (SSSR count). The highest BCUT2D eigenvalue weighted by atomic mass is 35.5. The molecule has 9 heteroatoms. The third-order valence-electron chi connectivity index (χ3n) is 4.66. The van der Waals surface area contributed by atoms with E-state index >= 15 is 0 Å². The number of benzene rings is 2. The normalized spacial score (nSPS) is 11.8. The lowest BCUT2D eigenvalue weighted by molar-refractivity contribution is 0.168. The molecule has 1 atom stereocenters. The number of urea groups is 1. The van der Waals surface area contributed by atoms with Crippen LogP contribution in [0.5, 0.6) is 0 Å². The van der Waals surface area contributed by atoms with Crippen molar-refractivity contribution in [2.24, 2.45) is 0 Å². The second-order valence-corrected chi connectivity index (χ2v) is 7.22. The molecule has 0 spiro atoms. The van der Waals surface area contributed by atoms with Crippen LogP contribution in [0.1, 0.15) is 11.6 Å². The topological polar surface area (TPSA) is 104 Å². The number of hydrogen-bond acceptors (Lipinski definition) is 5. The van der Waals surface area contributed by atoms with E-state index in [1.54, 1.807) is 25.4 Å². The summed E-state index contributed by atoms with van der Waals surface area (Å²) in [6.07, 6.45) is 1.64. The summed E-state index contributed by atoms with van der Waals surface area (Å²) >= 11 is 6.20. The van der Waals surface area contributed by atoms with Crippen molar-refractivity contribution in [2.75, 3.05) is 24.4 Å². The molecule has 0 aliphatic rings. The number of amides is 2. The van der Waals surface area contributed by atoms with E-state index in [0.29, 0.717) is 23.3 Å². The van der Waals surface area contributed by atoms with Gasteiger partial charge in [0.15, 0.2) is 5.82 Å². The molecule has 0 fully saturated rings. The fourth-order valence-corrected chi connectivity index (χ4v) is 3.33. The van der Waals surface area contributed by atoms with Crippen LogP contribution in [-0.2, 0) is 4.74 Å². The number of nitrogens with zero attached hydrogens (tertiary/aromatic N) is 2. The van der Waals surface area contributed by atoms with Gasteiger partial charge in [-0.1, -0.05) is 54.1 Å². The minimum absolute atomic E-state index is 0.284. The summed E-state index contributed by atoms with van der Waals surface area (Å²) in [5.41, 5.74) is 2.41. The van der Waals surface area contributed by atoms with Gasteiger partial charge in [-0.05, 0) is 17.7 Å². The number of aromatic nitrogens is 3. The molecule has 0 aliphatic heterocycles. The van der Waals surface area contributed by atoms with Gasteiger partial charge in [0.1, 0.15) is 5.82 Å². The van der Waals surface area contributed by atoms with Crippen molar-refractivity contribution in [1.82, 2.24) is 20.5 Å². The summed E-state index contributed by atoms with van der Waals surface area (Å²) in [7, 11) is 1.59. The van der Waals surface area contributed by atoms with E-state index in [2.05, 4.69) is 31.1 Å². The number of pyridine rings is 1. The lowest BCUT2D eigenvalue weighted by atomic mass is 10.1. The lowest BCUT2D eigenvalue weighted by Crippen LogP contribution is -2.35. The number of nitrogens with one attached hydrogen (secondary N) is 4. The predicted octanol–water partition coefficient (Wildman–Crippen LogP) is 4.86. The Morgan fingerprint density at radius 3 is 2.71 bits per heavy atom. The molecule has 2 heterocycles. The number of carbonyl (C=O) groups excluding carboxylic acids is 1. The van der Waals surface area contributed by atoms with Crippen molar-refractivity contribution in [3.63, 3.8) is 0 Å². The van der Waals surface area contributed by atoms with Crippen LogP contribution in [0.4, 0.5) is 22.1 Å². The quantitative estimate of drug-likeness (QED) is 0.331. The summed E-state index contributed by atoms with van der Waals surface area (Å²) in [6.45, 7) is 0.349. The molecule has 2 amide bonds. The smallest absolute Gasteiger partial charge is 0.320 e. The van der Waals surface area contributed by atoms with E-state index in [-0.39, 0.29) is 12.1 Å². The number of carbonyl (C=O) groups is 1. The molecule has 2 aromatic heterocycles. The first-order valence-electron chi connectivity index (χ1n) is 9.61. The van der Waals surface area contributed by atoms with E-state index in [1.165, 1.54) is 0 Å². The van der Waals surface area contributed by atoms with E-state index < -0.39 is 0 Å². The van der Waals surface area contributed by atoms with Crippen LogP contribution in [0, 0.1) is 0 Å². The van der Waals surface area contributed by atoms with Crippen LogP contribution in [-0.4, -0.2) is 34.9 Å². The Kier molecular flexibility index (Phi) is 6.30. The van der Waals surface area contributed by atoms with Crippen LogP contribution in [0.25, 0.3) is 10.9 Å². The molecular weight excluding hydrogens is 416 g/mol. The second kappa shape index (κ2) is 9.46. The number of para-hydroxylation sites is 1. The molecule has 8 nitrogen and oxygen atoms in total. The molecular formula is C22H21ClN6O2. The fraction of sp³-hybridized carbons (Fsp3) is 0.136. The number of ether oxygens (including phenoxy) is 1. The molecule has 0 saturated carbocycles. The van der Waals surface area contributed by atoms with Crippen molar-refractivity contribution in [3.8, 4) is 0 Å². The zero-order valence-electron chi connectivity index (χ0n) is 16.7. The second-order valence-electron chi connectivity index (χ2n) is 6.81. The van der Waals surface area contributed by atoms with Crippen molar-refractivity contribution in [2.45, 2.75) is 6.04 Å². The number of rotatable bonds is 7. The van der Waals surface area contributed by atoms with Gasteiger partial charge in [0.05, 0.1) is 34.3 Å². The van der Waals surface area contributed by atoms with E-state index in [4.69, 9.17) is 16.3 Å². The number of methoxy groups -OCH3 is 1. The number of halogens is 1. The number of aromatic amines is 1. The number of H-pyrrole nitrogens is 1. The lowest BCUT2D eigenvalue weighted by Gasteiger charge is -2.18. The van der Waals surface area contributed by atoms with Gasteiger partial charge in [-0.25, -0.2) is 9.78 Å². The molecule has 31 heavy (non-hydrogen) atoms. The summed E-state index contributed by atoms with van der Waals surface area (Å²) in [6, 6.07) is 18.1. The molecule has 0 bridgehead atoms. The third kappa shape index (κ3) is 4.93. The summed E-state index contributed by atoms with van der Waals surface area (Å²) in [5.74, 6) is 0.984. The van der Waals surface area contributed by atoms with E-state index in [0.717, 1.165) is 22.2 Å². The summed E-state index contributed by atoms with van der Waals surface area (Å²) in [5, 5.41) is 17.4. The molecule has 0 saturated heterocycles. The fourth-order valence-electron chi connectivity index (χ4n) is 3.15. The highest BCUT2D eigenvalue weighted by molar-refractivity contribution is 6.33. The minimum atomic E-state index is -0.383. The molecule has 4 N–H and O–H groups in total. The van der Waals surface area contributed by atoms with Crippen molar-refractivity contribution >= 4 is 45.9 Å². The molecule has 0 aliphatic carbocycles. The predicted molar refractivity (Wildman–Crippen MR) is 122 cm³/mol. The van der Waals surface area contributed by atoms with E-state index in [1.807, 2.05) is 48.5 Å². The first-order chi connectivity index (χ1) is 15.1. The van der Waals surface area contributed by atoms with Crippen molar-refractivity contribution in [3.05, 3.63) is 77.4 Å². The van der Waals surface area contributed by atoms with Gasteiger partial charge >= 0.3 is 6.03 Å². The summed E-state index contributed by atoms with van der Waals surface area (Å²) in [4.78, 5) is 16.9. The Morgan fingerprint density at radius 1 is 1.16 bits per heavy atom. The number of hydrogen-bond donors (Lipinski definition) is 4. The highest BCUT2D eigenvalue weighted by Crippen LogP contribution is 2.28. The zero-order valence-corrected chi connectivity index (χ0v) is 17.5. The first-order valence-corrected chi connectivity index (χ1v) is 9.99. The Bertz CT molecular complexity index is 1180. The molecule has 0 radical (unpaired) electrons. The van der Waals surface area contributed by atoms with Crippen LogP contribution in [0.3, 0.4) is 0 Å². The average Bonchev–Trinajstić information content (AvgIpc) is 3.17. The maximum Gasteiger partial charge on any atom is 0.320 e. The Hall–Kier alpha value is -3.62. The van der Waals surface area contributed by atoms with Gasteiger partial charge in [-0.3, -0.25) is 10.4 Å². The van der Waals surface area contributed by atoms with Crippen LogP contribution in [0.2, 0.25) is 5.02 Å². The minimum Gasteiger partial charge on any atom is -0.382 e. The van der Waals surface area contributed by atoms with Gasteiger partial charge in [-0.15, -0.1) is 0 Å². The molecule has 1 unspecified atom stereocenters. The molecule has 158 valence electrons. The number of fused-ring (bicyclic) bond motifs is 1. The van der Waals surface area contributed by atoms with Crippen LogP contribution in [0.15, 0.2) is 66.9 Å². The maximum absolute atomic E-state index is 12.5. The van der Waals surface area contributed by atoms with Gasteiger partial charge in [-0.2, -0.15) is 5.10 Å². The van der Waals surface area contributed by atoms with Crippen molar-refractivity contribution in [1.29, 1.82) is 0 Å². The standard InChI is InChI=1S/C22H21ClN6O2/c1-31-13-19(14-7-3-2-4-8-14)26-22(30)27-20-11-18-15(12-24-20)21(29-28-18)25-17-10-6-5-9-16(17)23/h2-12,19H,13H2,1H3,(H2,25,28,29)(H2,24,26,27,30). The third-order valence-corrected chi connectivity index (χ3v) is 4.99. The van der Waals surface area contributed by atoms with Gasteiger partial charge in [0.25, 0.3) is 0 Å². The van der Waals surface area contributed by atoms with Crippen LogP contribution >= 0.6 is 11.6 Å². The summed E-state index contributed by atoms with van der Waals surface area (Å²) < 4.78 is 5.24. The maximum atomic E-state index is 12.5. The van der Waals surface area contributed by atoms with E-state index in [9.17, 15) is 4.79 Å². The van der Waals surface area contributed by atoms with Gasteiger partial charge < -0.3 is 15.4 Å². The Morgan fingerprint density at radius 2 is 1.94 bits per heavy atom. The van der Waals surface area contributed by atoms with Gasteiger partial charge in [0.2, 0.25) is 0 Å². The largest absolute Gasteiger partial charge is 0.382 e. The molecule has 2 aromatic carbocycles. The average molecular weight is 437 g/mol. The SMILES string of the molecule is COCC(NC(=O)Nc1cc2[nH]nc(Nc3ccccc3Cl)c2cn1)c1ccccc1. The van der Waals surface area contributed by atoms with Crippen molar-refractivity contribution < 1.29 is 9.53 Å².